The predicted molar refractivity (Wildman–Crippen MR) is 82.6 cm³/mol. The Labute approximate surface area is 127 Å². The predicted octanol–water partition coefficient (Wildman–Crippen LogP) is 2.03. The summed E-state index contributed by atoms with van der Waals surface area (Å²) in [5, 5.41) is 0. The average molecular weight is 296 g/mol. The zero-order valence-corrected chi connectivity index (χ0v) is 13.7. The Morgan fingerprint density at radius 1 is 1.48 bits per heavy atom. The van der Waals surface area contributed by atoms with E-state index in [1.165, 1.54) is 0 Å². The van der Waals surface area contributed by atoms with Crippen LogP contribution in [-0.4, -0.2) is 55.5 Å². The highest BCUT2D eigenvalue weighted by Gasteiger charge is 2.27. The van der Waals surface area contributed by atoms with Crippen LogP contribution in [0.25, 0.3) is 0 Å². The molecule has 1 rings (SSSR count). The molecule has 0 radical (unpaired) electrons. The quantitative estimate of drug-likeness (QED) is 0.643. The van der Waals surface area contributed by atoms with Crippen molar-refractivity contribution in [3.8, 4) is 0 Å². The van der Waals surface area contributed by atoms with E-state index in [4.69, 9.17) is 4.74 Å². The van der Waals surface area contributed by atoms with Crippen LogP contribution in [0.15, 0.2) is 11.8 Å². The highest BCUT2D eigenvalue weighted by molar-refractivity contribution is 5.80. The molecule has 1 aliphatic rings. The average Bonchev–Trinajstić information content (AvgIpc) is 2.86. The first-order valence-electron chi connectivity index (χ1n) is 7.76. The summed E-state index contributed by atoms with van der Waals surface area (Å²) in [6.07, 6.45) is 4.76. The van der Waals surface area contributed by atoms with Crippen LogP contribution >= 0.6 is 0 Å². The van der Waals surface area contributed by atoms with Gasteiger partial charge >= 0.3 is 5.97 Å². The number of allylic oxidation sites excluding steroid dienone is 2. The second-order valence-corrected chi connectivity index (χ2v) is 5.71. The molecule has 1 atom stereocenters. The number of nitrogens with zero attached hydrogens (tertiary/aromatic N) is 2. The fraction of sp³-hybridized carbons (Fsp3) is 0.750. The van der Waals surface area contributed by atoms with Gasteiger partial charge in [-0.05, 0) is 33.9 Å². The van der Waals surface area contributed by atoms with E-state index in [2.05, 4.69) is 0 Å². The Hall–Kier alpha value is -1.36. The maximum absolute atomic E-state index is 12.1. The SMILES string of the molecule is C/C=C(/CC(CC)C(=O)OCCN(C)C)N1CCCC1=O. The lowest BCUT2D eigenvalue weighted by Crippen LogP contribution is -2.28. The molecule has 5 nitrogen and oxygen atoms in total. The fourth-order valence-electron chi connectivity index (χ4n) is 2.43. The highest BCUT2D eigenvalue weighted by atomic mass is 16.5. The Balaban J connectivity index is 2.55. The molecule has 0 spiro atoms. The van der Waals surface area contributed by atoms with Gasteiger partial charge in [0, 0.05) is 31.6 Å². The minimum atomic E-state index is -0.174. The molecule has 0 aromatic carbocycles. The second-order valence-electron chi connectivity index (χ2n) is 5.71. The number of esters is 1. The van der Waals surface area contributed by atoms with E-state index in [1.807, 2.05) is 43.8 Å². The van der Waals surface area contributed by atoms with E-state index in [9.17, 15) is 9.59 Å². The fourth-order valence-corrected chi connectivity index (χ4v) is 2.43. The molecule has 0 aromatic heterocycles. The summed E-state index contributed by atoms with van der Waals surface area (Å²) in [7, 11) is 3.89. The van der Waals surface area contributed by atoms with Crippen molar-refractivity contribution in [3.63, 3.8) is 0 Å². The van der Waals surface area contributed by atoms with Gasteiger partial charge in [0.1, 0.15) is 6.61 Å². The molecular weight excluding hydrogens is 268 g/mol. The zero-order chi connectivity index (χ0) is 15.8. The minimum absolute atomic E-state index is 0.162. The van der Waals surface area contributed by atoms with Gasteiger partial charge in [-0.15, -0.1) is 0 Å². The molecule has 1 amide bonds. The molecule has 1 saturated heterocycles. The molecule has 1 aliphatic heterocycles. The van der Waals surface area contributed by atoms with E-state index in [0.29, 0.717) is 19.4 Å². The maximum atomic E-state index is 12.1. The van der Waals surface area contributed by atoms with Crippen molar-refractivity contribution in [2.45, 2.75) is 39.5 Å². The third kappa shape index (κ3) is 5.50. The van der Waals surface area contributed by atoms with Crippen LogP contribution < -0.4 is 0 Å². The Morgan fingerprint density at radius 3 is 2.67 bits per heavy atom. The lowest BCUT2D eigenvalue weighted by Gasteiger charge is -2.23. The minimum Gasteiger partial charge on any atom is -0.464 e. The van der Waals surface area contributed by atoms with Gasteiger partial charge in [-0.1, -0.05) is 13.0 Å². The summed E-state index contributed by atoms with van der Waals surface area (Å²) in [4.78, 5) is 27.8. The smallest absolute Gasteiger partial charge is 0.309 e. The normalized spacial score (nSPS) is 17.5. The van der Waals surface area contributed by atoms with Crippen LogP contribution in [-0.2, 0) is 14.3 Å². The van der Waals surface area contributed by atoms with Crippen molar-refractivity contribution in [2.24, 2.45) is 5.92 Å². The first-order chi connectivity index (χ1) is 9.99. The second kappa shape index (κ2) is 8.82. The number of ether oxygens (including phenoxy) is 1. The Kier molecular flexibility index (Phi) is 7.43. The Morgan fingerprint density at radius 2 is 2.19 bits per heavy atom. The molecular formula is C16H28N2O3. The van der Waals surface area contributed by atoms with Crippen LogP contribution in [0, 0.1) is 5.92 Å². The summed E-state index contributed by atoms with van der Waals surface area (Å²) in [5.74, 6) is -0.170. The molecule has 0 saturated carbocycles. The summed E-state index contributed by atoms with van der Waals surface area (Å²) >= 11 is 0. The van der Waals surface area contributed by atoms with Crippen molar-refractivity contribution < 1.29 is 14.3 Å². The number of likely N-dealkylation sites (tertiary alicyclic amines) is 1. The van der Waals surface area contributed by atoms with Crippen molar-refractivity contribution in [3.05, 3.63) is 11.8 Å². The van der Waals surface area contributed by atoms with Crippen molar-refractivity contribution >= 4 is 11.9 Å². The van der Waals surface area contributed by atoms with Crippen molar-refractivity contribution in [1.82, 2.24) is 9.80 Å². The third-order valence-corrected chi connectivity index (χ3v) is 3.82. The van der Waals surface area contributed by atoms with E-state index >= 15 is 0 Å². The first kappa shape index (κ1) is 17.7. The summed E-state index contributed by atoms with van der Waals surface area (Å²) < 4.78 is 5.33. The van der Waals surface area contributed by atoms with Gasteiger partial charge < -0.3 is 14.5 Å². The standard InChI is InChI=1S/C16H28N2O3/c1-5-13(16(20)21-11-10-17(3)4)12-14(6-2)18-9-7-8-15(18)19/h6,13H,5,7-12H2,1-4H3/b14-6-. The Bertz CT molecular complexity index is 391. The van der Waals surface area contributed by atoms with Crippen LogP contribution in [0.4, 0.5) is 0 Å². The van der Waals surface area contributed by atoms with Crippen LogP contribution in [0.2, 0.25) is 0 Å². The molecule has 1 fully saturated rings. The van der Waals surface area contributed by atoms with Crippen molar-refractivity contribution in [1.29, 1.82) is 0 Å². The van der Waals surface area contributed by atoms with Gasteiger partial charge in [-0.25, -0.2) is 0 Å². The third-order valence-electron chi connectivity index (χ3n) is 3.82. The van der Waals surface area contributed by atoms with Gasteiger partial charge in [0.05, 0.1) is 5.92 Å². The first-order valence-corrected chi connectivity index (χ1v) is 7.76. The summed E-state index contributed by atoms with van der Waals surface area (Å²) in [6, 6.07) is 0. The van der Waals surface area contributed by atoms with Crippen LogP contribution in [0.5, 0.6) is 0 Å². The van der Waals surface area contributed by atoms with E-state index in [1.54, 1.807) is 0 Å². The van der Waals surface area contributed by atoms with E-state index in [-0.39, 0.29) is 17.8 Å². The largest absolute Gasteiger partial charge is 0.464 e. The van der Waals surface area contributed by atoms with Gasteiger partial charge in [0.25, 0.3) is 0 Å². The van der Waals surface area contributed by atoms with Crippen LogP contribution in [0.1, 0.15) is 39.5 Å². The van der Waals surface area contributed by atoms with E-state index in [0.717, 1.165) is 31.6 Å². The number of likely N-dealkylation sites (N-methyl/N-ethyl adjacent to an activating group) is 1. The molecule has 1 heterocycles. The number of amides is 1. The molecule has 0 N–H and O–H groups in total. The molecule has 21 heavy (non-hydrogen) atoms. The zero-order valence-electron chi connectivity index (χ0n) is 13.7. The van der Waals surface area contributed by atoms with Crippen LogP contribution in [0.3, 0.4) is 0 Å². The number of carbonyl (C=O) groups is 2. The number of rotatable bonds is 8. The van der Waals surface area contributed by atoms with Gasteiger partial charge in [0.2, 0.25) is 5.91 Å². The molecule has 0 aliphatic carbocycles. The number of hydrogen-bond acceptors (Lipinski definition) is 4. The van der Waals surface area contributed by atoms with Gasteiger partial charge in [-0.2, -0.15) is 0 Å². The number of carbonyl (C=O) groups excluding carboxylic acids is 2. The van der Waals surface area contributed by atoms with E-state index < -0.39 is 0 Å². The topological polar surface area (TPSA) is 49.9 Å². The lowest BCUT2D eigenvalue weighted by molar-refractivity contribution is -0.149. The summed E-state index contributed by atoms with van der Waals surface area (Å²) in [5.41, 5.74) is 0.953. The highest BCUT2D eigenvalue weighted by Crippen LogP contribution is 2.24. The van der Waals surface area contributed by atoms with Crippen molar-refractivity contribution in [2.75, 3.05) is 33.8 Å². The number of hydrogen-bond donors (Lipinski definition) is 0. The molecule has 5 heteroatoms. The molecule has 0 aromatic rings. The summed E-state index contributed by atoms with van der Waals surface area (Å²) in [6.45, 7) is 5.81. The lowest BCUT2D eigenvalue weighted by atomic mass is 9.99. The maximum Gasteiger partial charge on any atom is 0.309 e. The monoisotopic (exact) mass is 296 g/mol. The molecule has 0 bridgehead atoms. The molecule has 120 valence electrons. The van der Waals surface area contributed by atoms with Gasteiger partial charge in [-0.3, -0.25) is 9.59 Å². The van der Waals surface area contributed by atoms with Gasteiger partial charge in [0.15, 0.2) is 0 Å². The molecule has 1 unspecified atom stereocenters.